The van der Waals surface area contributed by atoms with E-state index in [1.165, 1.54) is 4.88 Å². The number of aromatic nitrogens is 1. The molecule has 4 rings (SSSR count). The Morgan fingerprint density at radius 3 is 2.59 bits per heavy atom. The molecule has 29 heavy (non-hydrogen) atoms. The van der Waals surface area contributed by atoms with Crippen LogP contribution in [0.2, 0.25) is 0 Å². The molecule has 0 radical (unpaired) electrons. The number of hydrogen-bond donors (Lipinski definition) is 1. The van der Waals surface area contributed by atoms with Crippen LogP contribution >= 0.6 is 11.3 Å². The topological polar surface area (TPSA) is 51.2 Å². The maximum absolute atomic E-state index is 12.5. The van der Waals surface area contributed by atoms with Crippen LogP contribution in [-0.2, 0) is 6.54 Å². The molecule has 2 aromatic carbocycles. The van der Waals surface area contributed by atoms with Crippen LogP contribution in [-0.4, -0.2) is 18.0 Å². The van der Waals surface area contributed by atoms with Crippen molar-refractivity contribution in [2.75, 3.05) is 7.11 Å². The number of benzene rings is 2. The number of nitrogens with one attached hydrogen (secondary N) is 1. The summed E-state index contributed by atoms with van der Waals surface area (Å²) in [6, 6.07) is 21.6. The smallest absolute Gasteiger partial charge is 0.251 e. The van der Waals surface area contributed by atoms with E-state index in [2.05, 4.69) is 22.4 Å². The van der Waals surface area contributed by atoms with E-state index in [0.717, 1.165) is 28.0 Å². The molecule has 4 nitrogen and oxygen atoms in total. The molecule has 2 heterocycles. The highest BCUT2D eigenvalue weighted by atomic mass is 32.1. The summed E-state index contributed by atoms with van der Waals surface area (Å²) in [5, 5.41) is 5.01. The number of ether oxygens (including phenoxy) is 1. The Bertz CT molecular complexity index is 1110. The zero-order valence-corrected chi connectivity index (χ0v) is 16.8. The molecule has 144 valence electrons. The quantitative estimate of drug-likeness (QED) is 0.470. The zero-order chi connectivity index (χ0) is 20.1. The van der Waals surface area contributed by atoms with Crippen molar-refractivity contribution in [3.63, 3.8) is 0 Å². The molecule has 0 bridgehead atoms. The van der Waals surface area contributed by atoms with Crippen LogP contribution in [0.25, 0.3) is 21.6 Å². The molecular weight excluding hydrogens is 380 g/mol. The molecule has 0 aliphatic heterocycles. The van der Waals surface area contributed by atoms with Crippen molar-refractivity contribution in [2.24, 2.45) is 0 Å². The van der Waals surface area contributed by atoms with Crippen molar-refractivity contribution < 1.29 is 9.53 Å². The first-order chi connectivity index (χ1) is 14.2. The minimum atomic E-state index is -0.108. The lowest BCUT2D eigenvalue weighted by Crippen LogP contribution is -2.22. The van der Waals surface area contributed by atoms with Crippen molar-refractivity contribution in [1.29, 1.82) is 0 Å². The lowest BCUT2D eigenvalue weighted by molar-refractivity contribution is 0.0951. The Kier molecular flexibility index (Phi) is 5.68. The van der Waals surface area contributed by atoms with Gasteiger partial charge in [-0.2, -0.15) is 0 Å². The molecule has 0 saturated carbocycles. The maximum Gasteiger partial charge on any atom is 0.251 e. The van der Waals surface area contributed by atoms with E-state index in [1.807, 2.05) is 66.2 Å². The van der Waals surface area contributed by atoms with E-state index in [1.54, 1.807) is 24.6 Å². The van der Waals surface area contributed by atoms with Crippen LogP contribution in [0.1, 0.15) is 15.9 Å². The third kappa shape index (κ3) is 4.52. The normalized spacial score (nSPS) is 10.5. The average Bonchev–Trinajstić information content (AvgIpc) is 3.33. The second kappa shape index (κ2) is 8.71. The molecule has 5 heteroatoms. The Morgan fingerprint density at radius 2 is 1.83 bits per heavy atom. The average molecular weight is 401 g/mol. The van der Waals surface area contributed by atoms with Crippen molar-refractivity contribution in [3.05, 3.63) is 95.6 Å². The molecule has 1 amide bonds. The summed E-state index contributed by atoms with van der Waals surface area (Å²) in [5.74, 6) is 0.700. The minimum Gasteiger partial charge on any atom is -0.497 e. The summed E-state index contributed by atoms with van der Waals surface area (Å²) in [6.45, 7) is 0.433. The first-order valence-electron chi connectivity index (χ1n) is 9.23. The van der Waals surface area contributed by atoms with E-state index in [-0.39, 0.29) is 5.91 Å². The Hall–Kier alpha value is -3.44. The predicted molar refractivity (Wildman–Crippen MR) is 117 cm³/mol. The largest absolute Gasteiger partial charge is 0.497 e. The van der Waals surface area contributed by atoms with Crippen molar-refractivity contribution in [1.82, 2.24) is 10.3 Å². The maximum atomic E-state index is 12.5. The third-order valence-corrected chi connectivity index (χ3v) is 5.52. The van der Waals surface area contributed by atoms with Gasteiger partial charge in [0.15, 0.2) is 0 Å². The van der Waals surface area contributed by atoms with E-state index in [4.69, 9.17) is 4.74 Å². The molecule has 0 atom stereocenters. The molecule has 0 saturated heterocycles. The number of pyridine rings is 1. The molecule has 4 aromatic rings. The Morgan fingerprint density at radius 1 is 0.966 bits per heavy atom. The fraction of sp³-hybridized carbons (Fsp3) is 0.0833. The summed E-state index contributed by atoms with van der Waals surface area (Å²) in [5.41, 5.74) is 4.74. The molecule has 0 fully saturated rings. The highest BCUT2D eigenvalue weighted by Crippen LogP contribution is 2.25. The second-order valence-electron chi connectivity index (χ2n) is 6.55. The summed E-state index contributed by atoms with van der Waals surface area (Å²) in [7, 11) is 1.65. The van der Waals surface area contributed by atoms with Gasteiger partial charge >= 0.3 is 0 Å². The van der Waals surface area contributed by atoms with Crippen LogP contribution in [0.5, 0.6) is 5.75 Å². The van der Waals surface area contributed by atoms with E-state index in [9.17, 15) is 4.79 Å². The first kappa shape index (κ1) is 18.9. The number of thiophene rings is 1. The van der Waals surface area contributed by atoms with Crippen LogP contribution in [0.15, 0.2) is 84.5 Å². The number of hydrogen-bond acceptors (Lipinski definition) is 4. The lowest BCUT2D eigenvalue weighted by atomic mass is 10.0. The van der Waals surface area contributed by atoms with Crippen molar-refractivity contribution >= 4 is 17.2 Å². The Labute approximate surface area is 173 Å². The standard InChI is InChI=1S/C24H20N2O2S/c1-28-22-5-2-4-20(13-22)18-7-9-19(10-8-18)24(27)26-15-17-12-21(16-25-14-17)23-6-3-11-29-23/h2-14,16H,15H2,1H3,(H,26,27). The van der Waals surface area contributed by atoms with Gasteiger partial charge in [0, 0.05) is 34.9 Å². The monoisotopic (exact) mass is 400 g/mol. The third-order valence-electron chi connectivity index (χ3n) is 4.60. The summed E-state index contributed by atoms with van der Waals surface area (Å²) < 4.78 is 5.28. The van der Waals surface area contributed by atoms with Gasteiger partial charge in [0.2, 0.25) is 0 Å². The van der Waals surface area contributed by atoms with Gasteiger partial charge in [0.1, 0.15) is 5.75 Å². The molecule has 0 spiro atoms. The van der Waals surface area contributed by atoms with Crippen molar-refractivity contribution in [3.8, 4) is 27.3 Å². The molecule has 2 aromatic heterocycles. The van der Waals surface area contributed by atoms with Crippen LogP contribution in [0.4, 0.5) is 0 Å². The van der Waals surface area contributed by atoms with Gasteiger partial charge in [0.05, 0.1) is 7.11 Å². The summed E-state index contributed by atoms with van der Waals surface area (Å²) >= 11 is 1.67. The fourth-order valence-corrected chi connectivity index (χ4v) is 3.77. The molecular formula is C24H20N2O2S. The lowest BCUT2D eigenvalue weighted by Gasteiger charge is -2.08. The van der Waals surface area contributed by atoms with Gasteiger partial charge in [-0.1, -0.05) is 30.3 Å². The molecule has 0 unspecified atom stereocenters. The number of carbonyl (C=O) groups excluding carboxylic acids is 1. The highest BCUT2D eigenvalue weighted by molar-refractivity contribution is 7.13. The number of amides is 1. The number of nitrogens with zero attached hydrogens (tertiary/aromatic N) is 1. The molecule has 1 N–H and O–H groups in total. The van der Waals surface area contributed by atoms with E-state index < -0.39 is 0 Å². The van der Waals surface area contributed by atoms with Crippen LogP contribution in [0.3, 0.4) is 0 Å². The fourth-order valence-electron chi connectivity index (χ4n) is 3.06. The predicted octanol–water partition coefficient (Wildman–Crippen LogP) is 5.42. The van der Waals surface area contributed by atoms with E-state index >= 15 is 0 Å². The summed E-state index contributed by atoms with van der Waals surface area (Å²) in [6.07, 6.45) is 3.62. The first-order valence-corrected chi connectivity index (χ1v) is 10.1. The molecule has 0 aliphatic carbocycles. The minimum absolute atomic E-state index is 0.108. The van der Waals surface area contributed by atoms with Gasteiger partial charge in [-0.25, -0.2) is 0 Å². The van der Waals surface area contributed by atoms with Gasteiger partial charge in [0.25, 0.3) is 5.91 Å². The van der Waals surface area contributed by atoms with Gasteiger partial charge in [-0.15, -0.1) is 11.3 Å². The number of rotatable bonds is 6. The Balaban J connectivity index is 1.42. The summed E-state index contributed by atoms with van der Waals surface area (Å²) in [4.78, 5) is 18.0. The second-order valence-corrected chi connectivity index (χ2v) is 7.50. The van der Waals surface area contributed by atoms with Crippen LogP contribution < -0.4 is 10.1 Å². The molecule has 0 aliphatic rings. The van der Waals surface area contributed by atoms with Crippen molar-refractivity contribution in [2.45, 2.75) is 6.54 Å². The van der Waals surface area contributed by atoms with Crippen LogP contribution in [0, 0.1) is 0 Å². The van der Waals surface area contributed by atoms with Gasteiger partial charge in [-0.3, -0.25) is 9.78 Å². The zero-order valence-electron chi connectivity index (χ0n) is 16.0. The highest BCUT2D eigenvalue weighted by Gasteiger charge is 2.08. The van der Waals surface area contributed by atoms with E-state index in [0.29, 0.717) is 12.1 Å². The SMILES string of the molecule is COc1cccc(-c2ccc(C(=O)NCc3cncc(-c4cccs4)c3)cc2)c1. The number of carbonyl (C=O) groups is 1. The van der Waals surface area contributed by atoms with Gasteiger partial charge < -0.3 is 10.1 Å². The van der Waals surface area contributed by atoms with Gasteiger partial charge in [-0.05, 0) is 58.5 Å². The number of methoxy groups -OCH3 is 1.